The maximum Gasteiger partial charge on any atom is 0.235 e. The van der Waals surface area contributed by atoms with Crippen molar-refractivity contribution in [3.05, 3.63) is 91.1 Å². The molecule has 3 aromatic carbocycles. The lowest BCUT2D eigenvalue weighted by molar-refractivity contribution is -0.132. The molecule has 0 atom stereocenters. The number of rotatable bonds is 8. The number of hydrogen-bond acceptors (Lipinski definition) is 6. The Labute approximate surface area is 253 Å². The number of anilines is 5. The second-order valence-electron chi connectivity index (χ2n) is 11.4. The predicted octanol–water partition coefficient (Wildman–Crippen LogP) is 6.80. The van der Waals surface area contributed by atoms with E-state index in [1.54, 1.807) is 6.20 Å². The quantitative estimate of drug-likeness (QED) is 0.249. The van der Waals surface area contributed by atoms with Crippen molar-refractivity contribution in [2.24, 2.45) is 5.92 Å². The third kappa shape index (κ3) is 6.85. The van der Waals surface area contributed by atoms with Crippen molar-refractivity contribution in [2.75, 3.05) is 41.3 Å². The van der Waals surface area contributed by atoms with Crippen LogP contribution in [0.3, 0.4) is 0 Å². The van der Waals surface area contributed by atoms with Crippen molar-refractivity contribution >= 4 is 40.5 Å². The Morgan fingerprint density at radius 3 is 2.19 bits per heavy atom. The third-order valence-corrected chi connectivity index (χ3v) is 8.40. The fourth-order valence-corrected chi connectivity index (χ4v) is 6.12. The zero-order chi connectivity index (χ0) is 29.6. The van der Waals surface area contributed by atoms with E-state index < -0.39 is 0 Å². The van der Waals surface area contributed by atoms with Crippen molar-refractivity contribution in [3.63, 3.8) is 0 Å². The predicted molar refractivity (Wildman–Crippen MR) is 172 cm³/mol. The van der Waals surface area contributed by atoms with Crippen LogP contribution in [-0.4, -0.2) is 52.9 Å². The van der Waals surface area contributed by atoms with Crippen LogP contribution >= 0.6 is 0 Å². The molecule has 0 bridgehead atoms. The van der Waals surface area contributed by atoms with Crippen LogP contribution in [0.25, 0.3) is 11.3 Å². The number of amides is 2. The van der Waals surface area contributed by atoms with Gasteiger partial charge < -0.3 is 15.1 Å². The van der Waals surface area contributed by atoms with E-state index in [9.17, 15) is 9.59 Å². The number of aromatic nitrogens is 2. The third-order valence-electron chi connectivity index (χ3n) is 8.40. The SMILES string of the molecule is CC(=O)Nc1ccc(-c2ccnc(N(c3ccccc3)c3ccc(N4CCN(C(=O)CC5CCCC5)CC4)cc3)n2)cc1. The van der Waals surface area contributed by atoms with Gasteiger partial charge in [0.15, 0.2) is 0 Å². The summed E-state index contributed by atoms with van der Waals surface area (Å²) in [5.74, 6) is 1.38. The highest BCUT2D eigenvalue weighted by Gasteiger charge is 2.25. The number of hydrogen-bond donors (Lipinski definition) is 1. The number of carbonyl (C=O) groups excluding carboxylic acids is 2. The second-order valence-corrected chi connectivity index (χ2v) is 11.4. The highest BCUT2D eigenvalue weighted by Crippen LogP contribution is 2.34. The van der Waals surface area contributed by atoms with Gasteiger partial charge in [0, 0.05) is 74.0 Å². The van der Waals surface area contributed by atoms with E-state index in [4.69, 9.17) is 4.98 Å². The molecule has 8 nitrogen and oxygen atoms in total. The number of para-hydroxylation sites is 1. The molecule has 2 fully saturated rings. The summed E-state index contributed by atoms with van der Waals surface area (Å²) >= 11 is 0. The Hall–Kier alpha value is -4.72. The minimum absolute atomic E-state index is 0.103. The number of piperazine rings is 1. The van der Waals surface area contributed by atoms with Crippen LogP contribution in [0.15, 0.2) is 91.1 Å². The average molecular weight is 575 g/mol. The van der Waals surface area contributed by atoms with Crippen molar-refractivity contribution in [3.8, 4) is 11.3 Å². The second kappa shape index (κ2) is 13.1. The van der Waals surface area contributed by atoms with E-state index in [2.05, 4.69) is 49.3 Å². The summed E-state index contributed by atoms with van der Waals surface area (Å²) in [4.78, 5) is 40.3. The highest BCUT2D eigenvalue weighted by molar-refractivity contribution is 5.89. The van der Waals surface area contributed by atoms with E-state index in [0.29, 0.717) is 17.8 Å². The van der Waals surface area contributed by atoms with Crippen molar-refractivity contribution in [2.45, 2.75) is 39.0 Å². The van der Waals surface area contributed by atoms with Crippen LogP contribution in [0.4, 0.5) is 28.7 Å². The first kappa shape index (κ1) is 28.4. The summed E-state index contributed by atoms with van der Waals surface area (Å²) in [6.45, 7) is 4.72. The zero-order valence-electron chi connectivity index (χ0n) is 24.7. The van der Waals surface area contributed by atoms with Crippen molar-refractivity contribution in [1.82, 2.24) is 14.9 Å². The first-order chi connectivity index (χ1) is 21.0. The summed E-state index contributed by atoms with van der Waals surface area (Å²) in [6, 6.07) is 28.1. The maximum atomic E-state index is 12.8. The van der Waals surface area contributed by atoms with Crippen LogP contribution in [-0.2, 0) is 9.59 Å². The van der Waals surface area contributed by atoms with Crippen LogP contribution in [0.5, 0.6) is 0 Å². The summed E-state index contributed by atoms with van der Waals surface area (Å²) < 4.78 is 0. The van der Waals surface area contributed by atoms with E-state index in [-0.39, 0.29) is 5.91 Å². The van der Waals surface area contributed by atoms with E-state index >= 15 is 0 Å². The van der Waals surface area contributed by atoms with E-state index in [1.165, 1.54) is 32.6 Å². The lowest BCUT2D eigenvalue weighted by atomic mass is 10.0. The molecular weight excluding hydrogens is 536 g/mol. The molecule has 0 spiro atoms. The number of nitrogens with one attached hydrogen (secondary N) is 1. The van der Waals surface area contributed by atoms with Crippen LogP contribution in [0, 0.1) is 5.92 Å². The molecule has 2 heterocycles. The maximum absolute atomic E-state index is 12.8. The Morgan fingerprint density at radius 1 is 0.837 bits per heavy atom. The van der Waals surface area contributed by atoms with Gasteiger partial charge in [-0.25, -0.2) is 9.97 Å². The Morgan fingerprint density at radius 2 is 1.51 bits per heavy atom. The molecule has 1 aromatic heterocycles. The van der Waals surface area contributed by atoms with Crippen LogP contribution < -0.4 is 15.1 Å². The molecule has 1 aliphatic carbocycles. The summed E-state index contributed by atoms with van der Waals surface area (Å²) in [6.07, 6.45) is 7.46. The van der Waals surface area contributed by atoms with Gasteiger partial charge in [-0.15, -0.1) is 0 Å². The molecule has 2 aliphatic rings. The average Bonchev–Trinajstić information content (AvgIpc) is 3.56. The van der Waals surface area contributed by atoms with Gasteiger partial charge in [0.2, 0.25) is 17.8 Å². The molecule has 1 N–H and O–H groups in total. The molecule has 1 saturated heterocycles. The molecule has 43 heavy (non-hydrogen) atoms. The van der Waals surface area contributed by atoms with Gasteiger partial charge >= 0.3 is 0 Å². The minimum atomic E-state index is -0.103. The van der Waals surface area contributed by atoms with Gasteiger partial charge in [-0.3, -0.25) is 14.5 Å². The monoisotopic (exact) mass is 574 g/mol. The van der Waals surface area contributed by atoms with Gasteiger partial charge in [0.05, 0.1) is 5.69 Å². The molecule has 0 radical (unpaired) electrons. The molecule has 0 unspecified atom stereocenters. The smallest absolute Gasteiger partial charge is 0.235 e. The molecule has 1 aliphatic heterocycles. The minimum Gasteiger partial charge on any atom is -0.368 e. The molecule has 8 heteroatoms. The van der Waals surface area contributed by atoms with Gasteiger partial charge in [-0.2, -0.15) is 0 Å². The summed E-state index contributed by atoms with van der Waals surface area (Å²) in [5, 5.41) is 2.80. The lowest BCUT2D eigenvalue weighted by Crippen LogP contribution is -2.49. The normalized spacial score (nSPS) is 15.4. The Balaban J connectivity index is 1.19. The summed E-state index contributed by atoms with van der Waals surface area (Å²) in [7, 11) is 0. The van der Waals surface area contributed by atoms with Gasteiger partial charge in [-0.05, 0) is 73.4 Å². The molecule has 2 amide bonds. The number of nitrogens with zero attached hydrogens (tertiary/aromatic N) is 5. The van der Waals surface area contributed by atoms with E-state index in [1.807, 2.05) is 60.7 Å². The molecule has 1 saturated carbocycles. The first-order valence-corrected chi connectivity index (χ1v) is 15.2. The van der Waals surface area contributed by atoms with Crippen LogP contribution in [0.1, 0.15) is 39.0 Å². The summed E-state index contributed by atoms with van der Waals surface area (Å²) in [5.41, 5.74) is 5.53. The topological polar surface area (TPSA) is 81.7 Å². The Bertz CT molecular complexity index is 1530. The Kier molecular flexibility index (Phi) is 8.63. The van der Waals surface area contributed by atoms with Gasteiger partial charge in [-0.1, -0.05) is 43.2 Å². The van der Waals surface area contributed by atoms with Gasteiger partial charge in [0.25, 0.3) is 0 Å². The highest BCUT2D eigenvalue weighted by atomic mass is 16.2. The number of carbonyl (C=O) groups is 2. The largest absolute Gasteiger partial charge is 0.368 e. The molecule has 6 rings (SSSR count). The fourth-order valence-electron chi connectivity index (χ4n) is 6.12. The van der Waals surface area contributed by atoms with Crippen LogP contribution in [0.2, 0.25) is 0 Å². The molecular formula is C35H38N6O2. The number of benzene rings is 3. The zero-order valence-corrected chi connectivity index (χ0v) is 24.7. The van der Waals surface area contributed by atoms with Crippen molar-refractivity contribution in [1.29, 1.82) is 0 Å². The van der Waals surface area contributed by atoms with Crippen molar-refractivity contribution < 1.29 is 9.59 Å². The van der Waals surface area contributed by atoms with Gasteiger partial charge in [0.1, 0.15) is 0 Å². The van der Waals surface area contributed by atoms with E-state index in [0.717, 1.165) is 66.6 Å². The molecule has 220 valence electrons. The fraction of sp³-hybridized carbons (Fsp3) is 0.314. The standard InChI is InChI=1S/C35H38N6O2/c1-26(42)37-29-13-11-28(12-14-29)33-19-20-36-35(38-33)41(31-9-3-2-4-10-31)32-17-15-30(16-18-32)39-21-23-40(24-22-39)34(43)25-27-7-5-6-8-27/h2-4,9-20,27H,5-8,21-25H2,1H3,(H,37,42). The lowest BCUT2D eigenvalue weighted by Gasteiger charge is -2.36. The first-order valence-electron chi connectivity index (χ1n) is 15.2. The molecule has 4 aromatic rings.